The maximum atomic E-state index is 12.0. The molecule has 96 valence electrons. The van der Waals surface area contributed by atoms with Gasteiger partial charge in [-0.2, -0.15) is 0 Å². The van der Waals surface area contributed by atoms with Gasteiger partial charge in [0.05, 0.1) is 10.5 Å². The standard InChI is InChI=1S/C11H11ClN2O2S2/c12-10-3-1-2-4-11(10)18(15,16)14-6-5-9-7-13-8-17-9/h1-4,7-8,14H,5-6H2. The summed E-state index contributed by atoms with van der Waals surface area (Å²) in [4.78, 5) is 5.08. The Bertz CT molecular complexity index is 612. The second kappa shape index (κ2) is 5.79. The fourth-order valence-corrected chi connectivity index (χ4v) is 3.56. The molecule has 0 amide bonds. The highest BCUT2D eigenvalue weighted by atomic mass is 35.5. The van der Waals surface area contributed by atoms with Crippen LogP contribution < -0.4 is 4.72 Å². The van der Waals surface area contributed by atoms with Crippen LogP contribution in [0.4, 0.5) is 0 Å². The highest BCUT2D eigenvalue weighted by Crippen LogP contribution is 2.20. The van der Waals surface area contributed by atoms with E-state index >= 15 is 0 Å². The zero-order valence-electron chi connectivity index (χ0n) is 9.34. The molecule has 2 aromatic rings. The van der Waals surface area contributed by atoms with Gasteiger partial charge in [-0.25, -0.2) is 13.1 Å². The topological polar surface area (TPSA) is 59.1 Å². The molecule has 0 aliphatic rings. The van der Waals surface area contributed by atoms with Gasteiger partial charge in [0.15, 0.2) is 0 Å². The van der Waals surface area contributed by atoms with Crippen molar-refractivity contribution in [2.24, 2.45) is 0 Å². The fraction of sp³-hybridized carbons (Fsp3) is 0.182. The first-order chi connectivity index (χ1) is 8.59. The molecule has 0 saturated carbocycles. The Balaban J connectivity index is 2.02. The summed E-state index contributed by atoms with van der Waals surface area (Å²) in [6, 6.07) is 6.37. The van der Waals surface area contributed by atoms with Crippen LogP contribution in [0.2, 0.25) is 5.02 Å². The first-order valence-electron chi connectivity index (χ1n) is 5.21. The molecule has 0 spiro atoms. The van der Waals surface area contributed by atoms with Crippen molar-refractivity contribution in [3.63, 3.8) is 0 Å². The number of nitrogens with one attached hydrogen (secondary N) is 1. The molecule has 0 aliphatic heterocycles. The van der Waals surface area contributed by atoms with Crippen LogP contribution in [0.5, 0.6) is 0 Å². The molecular formula is C11H11ClN2O2S2. The maximum absolute atomic E-state index is 12.0. The average Bonchev–Trinajstić information content (AvgIpc) is 2.82. The van der Waals surface area contributed by atoms with E-state index in [2.05, 4.69) is 9.71 Å². The third-order valence-electron chi connectivity index (χ3n) is 2.27. The third-order valence-corrected chi connectivity index (χ3v) is 5.07. The van der Waals surface area contributed by atoms with Crippen molar-refractivity contribution in [2.75, 3.05) is 6.54 Å². The van der Waals surface area contributed by atoms with Crippen molar-refractivity contribution in [1.29, 1.82) is 0 Å². The predicted molar refractivity (Wildman–Crippen MR) is 72.5 cm³/mol. The van der Waals surface area contributed by atoms with Crippen molar-refractivity contribution in [2.45, 2.75) is 11.3 Å². The van der Waals surface area contributed by atoms with Gasteiger partial charge in [0.2, 0.25) is 10.0 Å². The number of thiazole rings is 1. The van der Waals surface area contributed by atoms with Crippen molar-refractivity contribution in [1.82, 2.24) is 9.71 Å². The van der Waals surface area contributed by atoms with E-state index in [1.807, 2.05) is 0 Å². The van der Waals surface area contributed by atoms with E-state index in [1.165, 1.54) is 17.4 Å². The monoisotopic (exact) mass is 302 g/mol. The second-order valence-corrected chi connectivity index (χ2v) is 6.66. The minimum Gasteiger partial charge on any atom is -0.253 e. The lowest BCUT2D eigenvalue weighted by Gasteiger charge is -2.07. The summed E-state index contributed by atoms with van der Waals surface area (Å²) in [5.41, 5.74) is 1.72. The quantitative estimate of drug-likeness (QED) is 0.922. The van der Waals surface area contributed by atoms with Crippen LogP contribution in [0.25, 0.3) is 0 Å². The van der Waals surface area contributed by atoms with E-state index in [0.717, 1.165) is 4.88 Å². The van der Waals surface area contributed by atoms with Gasteiger partial charge in [0.1, 0.15) is 4.90 Å². The SMILES string of the molecule is O=S(=O)(NCCc1cncs1)c1ccccc1Cl. The normalized spacial score (nSPS) is 11.6. The Labute approximate surface area is 115 Å². The van der Waals surface area contributed by atoms with Gasteiger partial charge in [0.25, 0.3) is 0 Å². The van der Waals surface area contributed by atoms with E-state index in [1.54, 1.807) is 29.9 Å². The summed E-state index contributed by atoms with van der Waals surface area (Å²) in [6.45, 7) is 0.329. The molecule has 1 aromatic heterocycles. The number of benzene rings is 1. The van der Waals surface area contributed by atoms with Crippen molar-refractivity contribution in [3.05, 3.63) is 45.9 Å². The number of sulfonamides is 1. The number of nitrogens with zero attached hydrogens (tertiary/aromatic N) is 1. The van der Waals surface area contributed by atoms with Gasteiger partial charge in [0, 0.05) is 17.6 Å². The lowest BCUT2D eigenvalue weighted by atomic mass is 10.4. The molecule has 0 fully saturated rings. The Hall–Kier alpha value is -0.950. The van der Waals surface area contributed by atoms with Crippen LogP contribution in [0.3, 0.4) is 0 Å². The van der Waals surface area contributed by atoms with E-state index in [-0.39, 0.29) is 9.92 Å². The summed E-state index contributed by atoms with van der Waals surface area (Å²) in [7, 11) is -3.54. The van der Waals surface area contributed by atoms with Gasteiger partial charge in [-0.3, -0.25) is 4.98 Å². The van der Waals surface area contributed by atoms with Crippen LogP contribution in [-0.2, 0) is 16.4 Å². The summed E-state index contributed by atoms with van der Waals surface area (Å²) >= 11 is 7.36. The van der Waals surface area contributed by atoms with Crippen molar-refractivity contribution in [3.8, 4) is 0 Å². The van der Waals surface area contributed by atoms with Gasteiger partial charge in [-0.1, -0.05) is 23.7 Å². The number of halogens is 1. The van der Waals surface area contributed by atoms with E-state index < -0.39 is 10.0 Å². The Morgan fingerprint density at radius 2 is 2.11 bits per heavy atom. The largest absolute Gasteiger partial charge is 0.253 e. The second-order valence-electron chi connectivity index (χ2n) is 3.55. The Kier molecular flexibility index (Phi) is 4.34. The minimum absolute atomic E-state index is 0.107. The molecule has 0 unspecified atom stereocenters. The van der Waals surface area contributed by atoms with Crippen LogP contribution >= 0.6 is 22.9 Å². The molecule has 18 heavy (non-hydrogen) atoms. The molecule has 0 radical (unpaired) electrons. The van der Waals surface area contributed by atoms with Crippen LogP contribution in [-0.4, -0.2) is 19.9 Å². The molecule has 1 N–H and O–H groups in total. The molecule has 1 aromatic carbocycles. The molecule has 0 saturated heterocycles. The Morgan fingerprint density at radius 3 is 2.78 bits per heavy atom. The first-order valence-corrected chi connectivity index (χ1v) is 7.95. The zero-order chi connectivity index (χ0) is 13.0. The molecule has 0 atom stereocenters. The highest BCUT2D eigenvalue weighted by molar-refractivity contribution is 7.89. The summed E-state index contributed by atoms with van der Waals surface area (Å²) in [6.07, 6.45) is 2.35. The maximum Gasteiger partial charge on any atom is 0.242 e. The number of hydrogen-bond donors (Lipinski definition) is 1. The van der Waals surface area contributed by atoms with Gasteiger partial charge in [-0.05, 0) is 18.6 Å². The summed E-state index contributed by atoms with van der Waals surface area (Å²) < 4.78 is 26.5. The Morgan fingerprint density at radius 1 is 1.33 bits per heavy atom. The van der Waals surface area contributed by atoms with E-state index in [9.17, 15) is 8.42 Å². The van der Waals surface area contributed by atoms with Crippen LogP contribution in [0.1, 0.15) is 4.88 Å². The number of rotatable bonds is 5. The fourth-order valence-electron chi connectivity index (χ4n) is 1.41. The van der Waals surface area contributed by atoms with Crippen molar-refractivity contribution < 1.29 is 8.42 Å². The first kappa shape index (κ1) is 13.5. The average molecular weight is 303 g/mol. The molecule has 4 nitrogen and oxygen atoms in total. The van der Waals surface area contributed by atoms with Crippen LogP contribution in [0.15, 0.2) is 40.9 Å². The number of aromatic nitrogens is 1. The predicted octanol–water partition coefficient (Wildman–Crippen LogP) is 2.32. The highest BCUT2D eigenvalue weighted by Gasteiger charge is 2.16. The summed E-state index contributed by atoms with van der Waals surface area (Å²) in [5.74, 6) is 0. The summed E-state index contributed by atoms with van der Waals surface area (Å²) in [5, 5.41) is 0.225. The molecule has 2 rings (SSSR count). The van der Waals surface area contributed by atoms with Gasteiger partial charge >= 0.3 is 0 Å². The molecule has 0 aliphatic carbocycles. The zero-order valence-corrected chi connectivity index (χ0v) is 11.7. The van der Waals surface area contributed by atoms with Crippen LogP contribution in [0, 0.1) is 0 Å². The van der Waals surface area contributed by atoms with Gasteiger partial charge < -0.3 is 0 Å². The third kappa shape index (κ3) is 3.29. The molecule has 0 bridgehead atoms. The molecule has 1 heterocycles. The molecule has 7 heteroatoms. The lowest BCUT2D eigenvalue weighted by molar-refractivity contribution is 0.582. The minimum atomic E-state index is -3.54. The smallest absolute Gasteiger partial charge is 0.242 e. The lowest BCUT2D eigenvalue weighted by Crippen LogP contribution is -2.26. The van der Waals surface area contributed by atoms with E-state index in [0.29, 0.717) is 13.0 Å². The van der Waals surface area contributed by atoms with Crippen molar-refractivity contribution >= 4 is 33.0 Å². The van der Waals surface area contributed by atoms with E-state index in [4.69, 9.17) is 11.6 Å². The van der Waals surface area contributed by atoms with Gasteiger partial charge in [-0.15, -0.1) is 11.3 Å². The number of hydrogen-bond acceptors (Lipinski definition) is 4. The molecular weight excluding hydrogens is 292 g/mol.